The molecule has 2 aromatic rings. The molecule has 1 aromatic carbocycles. The molecule has 5 nitrogen and oxygen atoms in total. The average Bonchev–Trinajstić information content (AvgIpc) is 2.72. The van der Waals surface area contributed by atoms with Crippen molar-refractivity contribution in [2.75, 3.05) is 42.9 Å². The third-order valence-electron chi connectivity index (χ3n) is 5.39. The Bertz CT molecular complexity index is 754. The molecule has 0 atom stereocenters. The Labute approximate surface area is 168 Å². The van der Waals surface area contributed by atoms with Crippen LogP contribution in [0.25, 0.3) is 0 Å². The number of hydrogen-bond donors (Lipinski definition) is 1. The summed E-state index contributed by atoms with van der Waals surface area (Å²) in [7, 11) is 0. The van der Waals surface area contributed by atoms with Crippen LogP contribution in [-0.2, 0) is 4.79 Å². The van der Waals surface area contributed by atoms with Gasteiger partial charge in [-0.2, -0.15) is 0 Å². The molecule has 1 N–H and O–H groups in total. The average molecular weight is 381 g/mol. The van der Waals surface area contributed by atoms with Crippen molar-refractivity contribution in [1.82, 2.24) is 9.88 Å². The normalized spacial score (nSPS) is 14.6. The molecule has 1 aromatic heterocycles. The summed E-state index contributed by atoms with van der Waals surface area (Å²) in [6.45, 7) is 12.2. The summed E-state index contributed by atoms with van der Waals surface area (Å²) in [5, 5.41) is 3.47. The summed E-state index contributed by atoms with van der Waals surface area (Å²) < 4.78 is 0. The molecule has 1 fully saturated rings. The fraction of sp³-hybridized carbons (Fsp3) is 0.478. The Morgan fingerprint density at radius 3 is 2.14 bits per heavy atom. The molecule has 28 heavy (non-hydrogen) atoms. The van der Waals surface area contributed by atoms with Crippen LogP contribution in [0.4, 0.5) is 11.5 Å². The summed E-state index contributed by atoms with van der Waals surface area (Å²) in [4.78, 5) is 21.4. The number of hydrogen-bond acceptors (Lipinski definition) is 4. The molecule has 1 saturated heterocycles. The van der Waals surface area contributed by atoms with Gasteiger partial charge in [-0.3, -0.25) is 4.79 Å². The van der Waals surface area contributed by atoms with Gasteiger partial charge in [0, 0.05) is 38.1 Å². The zero-order chi connectivity index (χ0) is 20.1. The van der Waals surface area contributed by atoms with E-state index >= 15 is 0 Å². The minimum atomic E-state index is 0.161. The maximum absolute atomic E-state index is 12.8. The topological polar surface area (TPSA) is 48.5 Å². The maximum atomic E-state index is 12.8. The second kappa shape index (κ2) is 9.09. The number of carbonyl (C=O) groups excluding carboxylic acids is 1. The van der Waals surface area contributed by atoms with Crippen LogP contribution < -0.4 is 10.2 Å². The highest BCUT2D eigenvalue weighted by molar-refractivity contribution is 5.82. The third kappa shape index (κ3) is 4.64. The Balaban J connectivity index is 1.61. The number of rotatable bonds is 6. The molecule has 150 valence electrons. The van der Waals surface area contributed by atoms with E-state index < -0.39 is 0 Å². The smallest absolute Gasteiger partial charge is 0.241 e. The van der Waals surface area contributed by atoms with Gasteiger partial charge in [0.2, 0.25) is 5.91 Å². The fourth-order valence-corrected chi connectivity index (χ4v) is 3.76. The first-order valence-electron chi connectivity index (χ1n) is 10.3. The van der Waals surface area contributed by atoms with Gasteiger partial charge in [0.1, 0.15) is 5.82 Å². The first-order valence-corrected chi connectivity index (χ1v) is 10.3. The molecule has 0 unspecified atom stereocenters. The number of piperazine rings is 1. The molecular formula is C23H32N4O. The second-order valence-electron chi connectivity index (χ2n) is 8.03. The number of amides is 1. The van der Waals surface area contributed by atoms with E-state index in [0.29, 0.717) is 18.4 Å². The van der Waals surface area contributed by atoms with Gasteiger partial charge in [0.15, 0.2) is 0 Å². The van der Waals surface area contributed by atoms with Crippen molar-refractivity contribution in [1.29, 1.82) is 0 Å². The first kappa shape index (κ1) is 20.2. The minimum Gasteiger partial charge on any atom is -0.376 e. The molecule has 0 radical (unpaired) electrons. The standard InChI is InChI=1S/C23H32N4O/c1-17(2)19-8-7-9-20(18(3)4)23(19)25-16-22(28)27-14-12-26(13-15-27)21-10-5-6-11-24-21/h5-11,17-18,25H,12-16H2,1-4H3. The predicted octanol–water partition coefficient (Wildman–Crippen LogP) is 4.09. The molecule has 2 heterocycles. The van der Waals surface area contributed by atoms with Gasteiger partial charge in [0.05, 0.1) is 6.54 Å². The van der Waals surface area contributed by atoms with Crippen LogP contribution >= 0.6 is 0 Å². The highest BCUT2D eigenvalue weighted by Gasteiger charge is 2.22. The molecular weight excluding hydrogens is 348 g/mol. The van der Waals surface area contributed by atoms with Crippen molar-refractivity contribution in [2.24, 2.45) is 0 Å². The summed E-state index contributed by atoms with van der Waals surface area (Å²) in [6.07, 6.45) is 1.81. The SMILES string of the molecule is CC(C)c1cccc(C(C)C)c1NCC(=O)N1CCN(c2ccccn2)CC1. The number of benzene rings is 1. The van der Waals surface area contributed by atoms with E-state index in [-0.39, 0.29) is 5.91 Å². The van der Waals surface area contributed by atoms with Gasteiger partial charge < -0.3 is 15.1 Å². The number of pyridine rings is 1. The molecule has 0 spiro atoms. The predicted molar refractivity (Wildman–Crippen MR) is 116 cm³/mol. The van der Waals surface area contributed by atoms with Crippen LogP contribution in [0.1, 0.15) is 50.7 Å². The van der Waals surface area contributed by atoms with E-state index in [0.717, 1.165) is 37.7 Å². The molecule has 0 aliphatic carbocycles. The summed E-state index contributed by atoms with van der Waals surface area (Å²) >= 11 is 0. The van der Waals surface area contributed by atoms with Crippen molar-refractivity contribution >= 4 is 17.4 Å². The number of para-hydroxylation sites is 1. The quantitative estimate of drug-likeness (QED) is 0.820. The molecule has 0 saturated carbocycles. The Morgan fingerprint density at radius 2 is 1.61 bits per heavy atom. The number of carbonyl (C=O) groups is 1. The van der Waals surface area contributed by atoms with Gasteiger partial charge in [-0.05, 0) is 35.1 Å². The summed E-state index contributed by atoms with van der Waals surface area (Å²) in [5.41, 5.74) is 3.69. The third-order valence-corrected chi connectivity index (χ3v) is 5.39. The van der Waals surface area contributed by atoms with Crippen molar-refractivity contribution in [3.05, 3.63) is 53.7 Å². The number of nitrogens with zero attached hydrogens (tertiary/aromatic N) is 3. The lowest BCUT2D eigenvalue weighted by Gasteiger charge is -2.35. The van der Waals surface area contributed by atoms with Crippen LogP contribution in [0.2, 0.25) is 0 Å². The minimum absolute atomic E-state index is 0.161. The lowest BCUT2D eigenvalue weighted by Crippen LogP contribution is -2.50. The van der Waals surface area contributed by atoms with Gasteiger partial charge in [0.25, 0.3) is 0 Å². The van der Waals surface area contributed by atoms with Crippen molar-refractivity contribution < 1.29 is 4.79 Å². The number of aromatic nitrogens is 1. The van der Waals surface area contributed by atoms with Crippen LogP contribution in [0.15, 0.2) is 42.6 Å². The van der Waals surface area contributed by atoms with Crippen molar-refractivity contribution in [2.45, 2.75) is 39.5 Å². The molecule has 0 bridgehead atoms. The van der Waals surface area contributed by atoms with E-state index in [1.54, 1.807) is 0 Å². The van der Waals surface area contributed by atoms with Crippen molar-refractivity contribution in [3.8, 4) is 0 Å². The lowest BCUT2D eigenvalue weighted by atomic mass is 9.92. The van der Waals surface area contributed by atoms with E-state index in [1.165, 1.54) is 11.1 Å². The summed E-state index contributed by atoms with van der Waals surface area (Å²) in [5.74, 6) is 1.98. The van der Waals surface area contributed by atoms with Crippen LogP contribution in [0.3, 0.4) is 0 Å². The molecule has 1 aliphatic heterocycles. The van der Waals surface area contributed by atoms with Gasteiger partial charge >= 0.3 is 0 Å². The van der Waals surface area contributed by atoms with Gasteiger partial charge in [-0.25, -0.2) is 4.98 Å². The monoisotopic (exact) mass is 380 g/mol. The van der Waals surface area contributed by atoms with Crippen molar-refractivity contribution in [3.63, 3.8) is 0 Å². The van der Waals surface area contributed by atoms with E-state index in [2.05, 4.69) is 61.1 Å². The number of nitrogens with one attached hydrogen (secondary N) is 1. The van der Waals surface area contributed by atoms with E-state index in [4.69, 9.17) is 0 Å². The highest BCUT2D eigenvalue weighted by Crippen LogP contribution is 2.32. The zero-order valence-electron chi connectivity index (χ0n) is 17.5. The Kier molecular flexibility index (Phi) is 6.55. The molecule has 1 aliphatic rings. The zero-order valence-corrected chi connectivity index (χ0v) is 17.5. The van der Waals surface area contributed by atoms with Gasteiger partial charge in [-0.15, -0.1) is 0 Å². The Hall–Kier alpha value is -2.56. The summed E-state index contributed by atoms with van der Waals surface area (Å²) in [6, 6.07) is 12.4. The largest absolute Gasteiger partial charge is 0.376 e. The second-order valence-corrected chi connectivity index (χ2v) is 8.03. The van der Waals surface area contributed by atoms with Crippen LogP contribution in [0.5, 0.6) is 0 Å². The lowest BCUT2D eigenvalue weighted by molar-refractivity contribution is -0.129. The first-order chi connectivity index (χ1) is 13.5. The molecule has 5 heteroatoms. The van der Waals surface area contributed by atoms with E-state index in [1.807, 2.05) is 29.3 Å². The highest BCUT2D eigenvalue weighted by atomic mass is 16.2. The van der Waals surface area contributed by atoms with Gasteiger partial charge in [-0.1, -0.05) is 52.0 Å². The molecule has 3 rings (SSSR count). The fourth-order valence-electron chi connectivity index (χ4n) is 3.76. The van der Waals surface area contributed by atoms with Crippen LogP contribution in [-0.4, -0.2) is 48.5 Å². The maximum Gasteiger partial charge on any atom is 0.241 e. The van der Waals surface area contributed by atoms with E-state index in [9.17, 15) is 4.79 Å². The Morgan fingerprint density at radius 1 is 0.964 bits per heavy atom. The van der Waals surface area contributed by atoms with Crippen LogP contribution in [0, 0.1) is 0 Å². The molecule has 1 amide bonds. The number of anilines is 2.